The van der Waals surface area contributed by atoms with Gasteiger partial charge < -0.3 is 4.74 Å². The molecule has 0 unspecified atom stereocenters. The smallest absolute Gasteiger partial charge is 0.122 e. The largest absolute Gasteiger partial charge is 0.496 e. The van der Waals surface area contributed by atoms with Crippen molar-refractivity contribution in [1.29, 1.82) is 0 Å². The van der Waals surface area contributed by atoms with E-state index >= 15 is 0 Å². The van der Waals surface area contributed by atoms with Crippen LogP contribution in [0.2, 0.25) is 5.02 Å². The average molecular weight is 211 g/mol. The zero-order valence-corrected chi connectivity index (χ0v) is 9.56. The Morgan fingerprint density at radius 2 is 2.07 bits per heavy atom. The quantitative estimate of drug-likeness (QED) is 0.720. The molecule has 2 heteroatoms. The Hall–Kier alpha value is -0.690. The zero-order valence-electron chi connectivity index (χ0n) is 8.80. The third kappa shape index (κ3) is 1.61. The first kappa shape index (κ1) is 9.85. The molecule has 0 spiro atoms. The van der Waals surface area contributed by atoms with E-state index in [1.807, 2.05) is 18.2 Å². The lowest BCUT2D eigenvalue weighted by molar-refractivity contribution is 0.407. The maximum Gasteiger partial charge on any atom is 0.122 e. The second kappa shape index (κ2) is 3.16. The molecule has 0 amide bonds. The van der Waals surface area contributed by atoms with Crippen molar-refractivity contribution in [2.75, 3.05) is 7.11 Å². The lowest BCUT2D eigenvalue weighted by Gasteiger charge is -2.10. The van der Waals surface area contributed by atoms with Crippen LogP contribution < -0.4 is 4.74 Å². The Balaban J connectivity index is 2.37. The van der Waals surface area contributed by atoms with Gasteiger partial charge in [0.15, 0.2) is 0 Å². The van der Waals surface area contributed by atoms with E-state index in [1.165, 1.54) is 12.0 Å². The number of rotatable bonds is 2. The minimum atomic E-state index is 0.415. The monoisotopic (exact) mass is 210 g/mol. The molecule has 0 N–H and O–H groups in total. The topological polar surface area (TPSA) is 9.23 Å². The Kier molecular flexibility index (Phi) is 2.23. The predicted molar refractivity (Wildman–Crippen MR) is 59.1 cm³/mol. The summed E-state index contributed by atoms with van der Waals surface area (Å²) in [5.41, 5.74) is 1.67. The molecule has 0 saturated heterocycles. The van der Waals surface area contributed by atoms with Crippen molar-refractivity contribution >= 4 is 11.6 Å². The fourth-order valence-electron chi connectivity index (χ4n) is 1.98. The molecule has 0 aromatic heterocycles. The van der Waals surface area contributed by atoms with Crippen LogP contribution in [0.5, 0.6) is 5.75 Å². The highest BCUT2D eigenvalue weighted by molar-refractivity contribution is 6.30. The number of benzene rings is 1. The van der Waals surface area contributed by atoms with Gasteiger partial charge in [0, 0.05) is 5.02 Å². The SMILES string of the molecule is COc1ccc(Cl)cc1[C@@H]1CC1(C)C. The third-order valence-electron chi connectivity index (χ3n) is 3.08. The van der Waals surface area contributed by atoms with Gasteiger partial charge in [-0.1, -0.05) is 25.4 Å². The summed E-state index contributed by atoms with van der Waals surface area (Å²) in [6.45, 7) is 4.55. The molecule has 0 bridgehead atoms. The van der Waals surface area contributed by atoms with Crippen LogP contribution in [0.3, 0.4) is 0 Å². The average Bonchev–Trinajstić information content (AvgIpc) is 2.75. The highest BCUT2D eigenvalue weighted by Gasteiger charge is 2.47. The first-order chi connectivity index (χ1) is 6.54. The Bertz CT molecular complexity index is 357. The standard InChI is InChI=1S/C12H15ClO/c1-12(2)7-10(12)9-6-8(13)4-5-11(9)14-3/h4-6,10H,7H2,1-3H3/t10-/m0/s1. The van der Waals surface area contributed by atoms with Crippen molar-refractivity contribution in [2.45, 2.75) is 26.2 Å². The molecule has 1 aliphatic carbocycles. The van der Waals surface area contributed by atoms with Crippen LogP contribution >= 0.6 is 11.6 Å². The number of halogens is 1. The number of ether oxygens (including phenoxy) is 1. The molecule has 76 valence electrons. The van der Waals surface area contributed by atoms with Crippen LogP contribution in [-0.2, 0) is 0 Å². The third-order valence-corrected chi connectivity index (χ3v) is 3.32. The summed E-state index contributed by atoms with van der Waals surface area (Å²) >= 11 is 5.98. The summed E-state index contributed by atoms with van der Waals surface area (Å²) in [6, 6.07) is 5.85. The van der Waals surface area contributed by atoms with Gasteiger partial charge in [-0.2, -0.15) is 0 Å². The molecule has 14 heavy (non-hydrogen) atoms. The first-order valence-electron chi connectivity index (χ1n) is 4.88. The van der Waals surface area contributed by atoms with Crippen LogP contribution in [0.15, 0.2) is 18.2 Å². The van der Waals surface area contributed by atoms with Gasteiger partial charge in [0.1, 0.15) is 5.75 Å². The molecule has 1 atom stereocenters. The normalized spacial score (nSPS) is 23.3. The van der Waals surface area contributed by atoms with Crippen molar-refractivity contribution < 1.29 is 4.74 Å². The van der Waals surface area contributed by atoms with Crippen LogP contribution in [-0.4, -0.2) is 7.11 Å². The first-order valence-corrected chi connectivity index (χ1v) is 5.26. The molecule has 2 rings (SSSR count). The second-order valence-electron chi connectivity index (χ2n) is 4.63. The number of hydrogen-bond acceptors (Lipinski definition) is 1. The van der Waals surface area contributed by atoms with Crippen molar-refractivity contribution in [3.05, 3.63) is 28.8 Å². The molecule has 1 aromatic rings. The van der Waals surface area contributed by atoms with Crippen molar-refractivity contribution in [3.8, 4) is 5.75 Å². The number of hydrogen-bond donors (Lipinski definition) is 0. The van der Waals surface area contributed by atoms with Gasteiger partial charge in [0.25, 0.3) is 0 Å². The minimum absolute atomic E-state index is 0.415. The van der Waals surface area contributed by atoms with Crippen molar-refractivity contribution in [3.63, 3.8) is 0 Å². The number of methoxy groups -OCH3 is 1. The van der Waals surface area contributed by atoms with E-state index in [0.29, 0.717) is 11.3 Å². The maximum absolute atomic E-state index is 5.98. The summed E-state index contributed by atoms with van der Waals surface area (Å²) in [7, 11) is 1.71. The second-order valence-corrected chi connectivity index (χ2v) is 5.07. The van der Waals surface area contributed by atoms with Gasteiger partial charge in [-0.05, 0) is 41.5 Å². The molecule has 1 nitrogen and oxygen atoms in total. The zero-order chi connectivity index (χ0) is 10.3. The fraction of sp³-hybridized carbons (Fsp3) is 0.500. The van der Waals surface area contributed by atoms with Crippen LogP contribution in [0.25, 0.3) is 0 Å². The van der Waals surface area contributed by atoms with E-state index in [1.54, 1.807) is 7.11 Å². The fourth-order valence-corrected chi connectivity index (χ4v) is 2.16. The molecular weight excluding hydrogens is 196 g/mol. The molecule has 1 saturated carbocycles. The summed E-state index contributed by atoms with van der Waals surface area (Å²) in [5, 5.41) is 0.795. The van der Waals surface area contributed by atoms with Crippen LogP contribution in [0, 0.1) is 5.41 Å². The lowest BCUT2D eigenvalue weighted by Crippen LogP contribution is -1.94. The summed E-state index contributed by atoms with van der Waals surface area (Å²) in [5.74, 6) is 1.57. The molecule has 0 radical (unpaired) electrons. The van der Waals surface area contributed by atoms with E-state index in [9.17, 15) is 0 Å². The van der Waals surface area contributed by atoms with E-state index < -0.39 is 0 Å². The molecule has 1 aliphatic rings. The van der Waals surface area contributed by atoms with Gasteiger partial charge in [-0.3, -0.25) is 0 Å². The van der Waals surface area contributed by atoms with E-state index in [4.69, 9.17) is 16.3 Å². The van der Waals surface area contributed by atoms with Gasteiger partial charge in [-0.25, -0.2) is 0 Å². The van der Waals surface area contributed by atoms with E-state index in [0.717, 1.165) is 10.8 Å². The maximum atomic E-state index is 5.98. The van der Waals surface area contributed by atoms with E-state index in [-0.39, 0.29) is 0 Å². The molecule has 0 heterocycles. The van der Waals surface area contributed by atoms with Crippen molar-refractivity contribution in [2.24, 2.45) is 5.41 Å². The van der Waals surface area contributed by atoms with Crippen LogP contribution in [0.4, 0.5) is 0 Å². The van der Waals surface area contributed by atoms with Crippen LogP contribution in [0.1, 0.15) is 31.7 Å². The molecule has 1 fully saturated rings. The lowest BCUT2D eigenvalue weighted by atomic mass is 10.0. The summed E-state index contributed by atoms with van der Waals surface area (Å²) in [6.07, 6.45) is 1.23. The summed E-state index contributed by atoms with van der Waals surface area (Å²) < 4.78 is 5.34. The Morgan fingerprint density at radius 3 is 2.57 bits per heavy atom. The van der Waals surface area contributed by atoms with Gasteiger partial charge in [0.2, 0.25) is 0 Å². The molecule has 0 aliphatic heterocycles. The van der Waals surface area contributed by atoms with Gasteiger partial charge in [-0.15, -0.1) is 0 Å². The highest BCUT2D eigenvalue weighted by Crippen LogP contribution is 2.60. The van der Waals surface area contributed by atoms with Gasteiger partial charge in [0.05, 0.1) is 7.11 Å². The Morgan fingerprint density at radius 1 is 1.43 bits per heavy atom. The predicted octanol–water partition coefficient (Wildman–Crippen LogP) is 3.86. The highest BCUT2D eigenvalue weighted by atomic mass is 35.5. The minimum Gasteiger partial charge on any atom is -0.496 e. The van der Waals surface area contributed by atoms with Crippen molar-refractivity contribution in [1.82, 2.24) is 0 Å². The van der Waals surface area contributed by atoms with E-state index in [2.05, 4.69) is 13.8 Å². The van der Waals surface area contributed by atoms with Gasteiger partial charge >= 0.3 is 0 Å². The molecule has 1 aromatic carbocycles. The molecular formula is C12H15ClO. The Labute approximate surface area is 90.0 Å². The summed E-state index contributed by atoms with van der Waals surface area (Å²) in [4.78, 5) is 0.